The number of rotatable bonds is 6. The molecule has 0 saturated heterocycles. The SMILES string of the molecule is CCC(CC)(CN)C(=O)NS(=O)(=O)C(C)C. The molecule has 0 unspecified atom stereocenters. The van der Waals surface area contributed by atoms with E-state index in [9.17, 15) is 13.2 Å². The summed E-state index contributed by atoms with van der Waals surface area (Å²) in [7, 11) is -3.57. The van der Waals surface area contributed by atoms with Crippen molar-refractivity contribution in [1.82, 2.24) is 4.72 Å². The fraction of sp³-hybridized carbons (Fsp3) is 0.900. The molecule has 0 bridgehead atoms. The maximum absolute atomic E-state index is 11.9. The first-order valence-corrected chi connectivity index (χ1v) is 7.06. The van der Waals surface area contributed by atoms with Gasteiger partial charge in [-0.3, -0.25) is 9.52 Å². The van der Waals surface area contributed by atoms with Crippen LogP contribution in [0.4, 0.5) is 0 Å². The van der Waals surface area contributed by atoms with Gasteiger partial charge in [0.05, 0.1) is 10.7 Å². The highest BCUT2D eigenvalue weighted by Crippen LogP contribution is 2.25. The zero-order chi connectivity index (χ0) is 13.0. The monoisotopic (exact) mass is 250 g/mol. The van der Waals surface area contributed by atoms with Crippen LogP contribution in [0.5, 0.6) is 0 Å². The molecule has 0 saturated carbocycles. The molecule has 0 fully saturated rings. The largest absolute Gasteiger partial charge is 0.329 e. The summed E-state index contributed by atoms with van der Waals surface area (Å²) in [6, 6.07) is 0. The summed E-state index contributed by atoms with van der Waals surface area (Å²) in [5.74, 6) is -0.492. The lowest BCUT2D eigenvalue weighted by atomic mass is 9.82. The smallest absolute Gasteiger partial charge is 0.240 e. The molecule has 3 N–H and O–H groups in total. The van der Waals surface area contributed by atoms with Crippen molar-refractivity contribution >= 4 is 15.9 Å². The molecule has 16 heavy (non-hydrogen) atoms. The molecule has 0 aliphatic rings. The minimum Gasteiger partial charge on any atom is -0.329 e. The van der Waals surface area contributed by atoms with Gasteiger partial charge in [0.25, 0.3) is 0 Å². The molecule has 0 heterocycles. The van der Waals surface area contributed by atoms with Gasteiger partial charge in [0.2, 0.25) is 15.9 Å². The van der Waals surface area contributed by atoms with Crippen LogP contribution in [-0.4, -0.2) is 26.1 Å². The van der Waals surface area contributed by atoms with Crippen LogP contribution in [0, 0.1) is 5.41 Å². The van der Waals surface area contributed by atoms with E-state index in [1.807, 2.05) is 13.8 Å². The minimum absolute atomic E-state index is 0.152. The van der Waals surface area contributed by atoms with Gasteiger partial charge < -0.3 is 5.73 Å². The minimum atomic E-state index is -3.57. The molecule has 0 radical (unpaired) electrons. The van der Waals surface area contributed by atoms with Gasteiger partial charge in [-0.1, -0.05) is 13.8 Å². The quantitative estimate of drug-likeness (QED) is 0.722. The molecule has 5 nitrogen and oxygen atoms in total. The molecule has 0 spiro atoms. The first kappa shape index (κ1) is 15.4. The first-order valence-electron chi connectivity index (χ1n) is 5.52. The second-order valence-electron chi connectivity index (χ2n) is 4.22. The summed E-state index contributed by atoms with van der Waals surface area (Å²) < 4.78 is 25.2. The van der Waals surface area contributed by atoms with Gasteiger partial charge in [-0.2, -0.15) is 0 Å². The molecule has 0 rings (SSSR count). The number of hydrogen-bond donors (Lipinski definition) is 2. The van der Waals surface area contributed by atoms with Crippen molar-refractivity contribution < 1.29 is 13.2 Å². The third-order valence-corrected chi connectivity index (χ3v) is 4.79. The van der Waals surface area contributed by atoms with Gasteiger partial charge in [-0.15, -0.1) is 0 Å². The van der Waals surface area contributed by atoms with Gasteiger partial charge in [0.15, 0.2) is 0 Å². The summed E-state index contributed by atoms with van der Waals surface area (Å²) in [6.45, 7) is 6.87. The van der Waals surface area contributed by atoms with E-state index in [2.05, 4.69) is 4.72 Å². The predicted octanol–water partition coefficient (Wildman–Crippen LogP) is 0.606. The number of sulfonamides is 1. The molecule has 0 aliphatic carbocycles. The Morgan fingerprint density at radius 1 is 1.31 bits per heavy atom. The lowest BCUT2D eigenvalue weighted by Crippen LogP contribution is -2.48. The van der Waals surface area contributed by atoms with E-state index < -0.39 is 26.6 Å². The van der Waals surface area contributed by atoms with Crippen LogP contribution in [0.15, 0.2) is 0 Å². The number of carbonyl (C=O) groups is 1. The zero-order valence-electron chi connectivity index (χ0n) is 10.4. The summed E-state index contributed by atoms with van der Waals surface area (Å²) in [4.78, 5) is 11.9. The summed E-state index contributed by atoms with van der Waals surface area (Å²) >= 11 is 0. The summed E-state index contributed by atoms with van der Waals surface area (Å²) in [6.07, 6.45) is 1.05. The van der Waals surface area contributed by atoms with E-state index in [-0.39, 0.29) is 6.54 Å². The van der Waals surface area contributed by atoms with E-state index in [1.54, 1.807) is 0 Å². The molecule has 0 aliphatic heterocycles. The standard InChI is InChI=1S/C10H22N2O3S/c1-5-10(6-2,7-11)9(13)12-16(14,15)8(3)4/h8H,5-7,11H2,1-4H3,(H,12,13). The van der Waals surface area contributed by atoms with Crippen molar-refractivity contribution in [1.29, 1.82) is 0 Å². The van der Waals surface area contributed by atoms with Crippen LogP contribution >= 0.6 is 0 Å². The molecule has 96 valence electrons. The van der Waals surface area contributed by atoms with E-state index in [0.29, 0.717) is 12.8 Å². The normalized spacial score (nSPS) is 12.9. The van der Waals surface area contributed by atoms with Crippen LogP contribution in [-0.2, 0) is 14.8 Å². The van der Waals surface area contributed by atoms with E-state index in [4.69, 9.17) is 5.73 Å². The highest BCUT2D eigenvalue weighted by Gasteiger charge is 2.36. The number of carbonyl (C=O) groups excluding carboxylic acids is 1. The number of nitrogens with one attached hydrogen (secondary N) is 1. The Bertz CT molecular complexity index is 324. The fourth-order valence-corrected chi connectivity index (χ4v) is 2.02. The zero-order valence-corrected chi connectivity index (χ0v) is 11.2. The van der Waals surface area contributed by atoms with Crippen LogP contribution in [0.1, 0.15) is 40.5 Å². The third kappa shape index (κ3) is 3.18. The van der Waals surface area contributed by atoms with Gasteiger partial charge in [-0.25, -0.2) is 8.42 Å². The average molecular weight is 250 g/mol. The first-order chi connectivity index (χ1) is 7.25. The molecule has 1 amide bonds. The Morgan fingerprint density at radius 3 is 2.00 bits per heavy atom. The topological polar surface area (TPSA) is 89.3 Å². The molecule has 0 atom stereocenters. The summed E-state index contributed by atoms with van der Waals surface area (Å²) in [5, 5.41) is -0.624. The van der Waals surface area contributed by atoms with Gasteiger partial charge >= 0.3 is 0 Å². The van der Waals surface area contributed by atoms with E-state index in [0.717, 1.165) is 0 Å². The van der Waals surface area contributed by atoms with Crippen molar-refractivity contribution in [3.63, 3.8) is 0 Å². The maximum atomic E-state index is 11.9. The van der Waals surface area contributed by atoms with E-state index in [1.165, 1.54) is 13.8 Å². The Labute approximate surface area is 97.8 Å². The summed E-state index contributed by atoms with van der Waals surface area (Å²) in [5.41, 5.74) is 4.79. The van der Waals surface area contributed by atoms with E-state index >= 15 is 0 Å². The van der Waals surface area contributed by atoms with Crippen molar-refractivity contribution in [2.24, 2.45) is 11.1 Å². The molecule has 0 aromatic heterocycles. The van der Waals surface area contributed by atoms with Crippen molar-refractivity contribution in [2.75, 3.05) is 6.54 Å². The number of hydrogen-bond acceptors (Lipinski definition) is 4. The third-order valence-electron chi connectivity index (χ3n) is 3.08. The second-order valence-corrected chi connectivity index (χ2v) is 6.45. The van der Waals surface area contributed by atoms with Gasteiger partial charge in [-0.05, 0) is 26.7 Å². The molecule has 0 aromatic carbocycles. The molecule has 0 aromatic rings. The van der Waals surface area contributed by atoms with Crippen LogP contribution in [0.3, 0.4) is 0 Å². The lowest BCUT2D eigenvalue weighted by molar-refractivity contribution is -0.129. The maximum Gasteiger partial charge on any atom is 0.240 e. The Kier molecular flexibility index (Phi) is 5.41. The van der Waals surface area contributed by atoms with Crippen LogP contribution in [0.2, 0.25) is 0 Å². The van der Waals surface area contributed by atoms with Gasteiger partial charge in [0.1, 0.15) is 0 Å². The van der Waals surface area contributed by atoms with Crippen LogP contribution < -0.4 is 10.5 Å². The lowest BCUT2D eigenvalue weighted by Gasteiger charge is -2.28. The molecular weight excluding hydrogens is 228 g/mol. The Morgan fingerprint density at radius 2 is 1.75 bits per heavy atom. The second kappa shape index (κ2) is 5.63. The molecule has 6 heteroatoms. The predicted molar refractivity (Wildman–Crippen MR) is 64.3 cm³/mol. The fourth-order valence-electron chi connectivity index (χ4n) is 1.31. The van der Waals surface area contributed by atoms with Crippen molar-refractivity contribution in [3.05, 3.63) is 0 Å². The average Bonchev–Trinajstić information content (AvgIpc) is 2.20. The van der Waals surface area contributed by atoms with Crippen LogP contribution in [0.25, 0.3) is 0 Å². The highest BCUT2D eigenvalue weighted by molar-refractivity contribution is 7.90. The van der Waals surface area contributed by atoms with Gasteiger partial charge in [0, 0.05) is 6.54 Å². The number of amides is 1. The highest BCUT2D eigenvalue weighted by atomic mass is 32.2. The Hall–Kier alpha value is -0.620. The Balaban J connectivity index is 4.95. The van der Waals surface area contributed by atoms with Crippen molar-refractivity contribution in [2.45, 2.75) is 45.8 Å². The van der Waals surface area contributed by atoms with Crippen molar-refractivity contribution in [3.8, 4) is 0 Å². The number of nitrogens with two attached hydrogens (primary N) is 1. The molecular formula is C10H22N2O3S.